The van der Waals surface area contributed by atoms with E-state index in [1.165, 1.54) is 18.2 Å². The molecule has 1 amide bonds. The number of hydrogen-bond donors (Lipinski definition) is 2. The first-order chi connectivity index (χ1) is 14.0. The largest absolute Gasteiger partial charge is 0.464 e. The molecular weight excluding hydrogens is 408 g/mol. The van der Waals surface area contributed by atoms with Crippen molar-refractivity contribution in [2.24, 2.45) is 16.5 Å². The van der Waals surface area contributed by atoms with Crippen LogP contribution in [-0.4, -0.2) is 30.2 Å². The second-order valence-corrected chi connectivity index (χ2v) is 5.95. The third kappa shape index (κ3) is 5.87. The number of primary amides is 1. The number of amides is 1. The molecule has 7 nitrogen and oxygen atoms in total. The molecule has 0 aliphatic carbocycles. The molecule has 158 valence electrons. The third-order valence-electron chi connectivity index (χ3n) is 3.75. The standard InChI is InChI=1S/C19H16F4N4O3/c1-30-18(29)16(24)14(17(25)28)9-26-15-4-2-3-13(27-15)7-10-5-11(19(21,22)23)8-12(20)6-10/h2-6,8-9H,7,24H2,1H3,(H2,25,28). The molecule has 0 bridgehead atoms. The Hall–Kier alpha value is -3.76. The predicted molar refractivity (Wildman–Crippen MR) is 99.0 cm³/mol. The van der Waals surface area contributed by atoms with Crippen LogP contribution in [0.4, 0.5) is 23.4 Å². The van der Waals surface area contributed by atoms with Crippen LogP contribution in [0.15, 0.2) is 52.7 Å². The molecule has 4 N–H and O–H groups in total. The van der Waals surface area contributed by atoms with Gasteiger partial charge in [-0.15, -0.1) is 0 Å². The lowest BCUT2D eigenvalue weighted by atomic mass is 10.1. The highest BCUT2D eigenvalue weighted by molar-refractivity contribution is 6.16. The number of carbonyl (C=O) groups is 2. The summed E-state index contributed by atoms with van der Waals surface area (Å²) < 4.78 is 56.5. The molecule has 0 spiro atoms. The molecular formula is C19H16F4N4O3. The highest BCUT2D eigenvalue weighted by atomic mass is 19.4. The average Bonchev–Trinajstić information content (AvgIpc) is 2.66. The highest BCUT2D eigenvalue weighted by Crippen LogP contribution is 2.31. The molecule has 0 fully saturated rings. The average molecular weight is 424 g/mol. The van der Waals surface area contributed by atoms with Crippen molar-refractivity contribution in [1.82, 2.24) is 4.98 Å². The van der Waals surface area contributed by atoms with Crippen molar-refractivity contribution in [2.45, 2.75) is 12.6 Å². The summed E-state index contributed by atoms with van der Waals surface area (Å²) >= 11 is 0. The third-order valence-corrected chi connectivity index (χ3v) is 3.75. The van der Waals surface area contributed by atoms with E-state index < -0.39 is 40.7 Å². The maximum atomic E-state index is 13.6. The van der Waals surface area contributed by atoms with Gasteiger partial charge in [-0.05, 0) is 35.9 Å². The Bertz CT molecular complexity index is 1030. The number of halogens is 4. The Balaban J connectivity index is 2.31. The lowest BCUT2D eigenvalue weighted by Gasteiger charge is -2.09. The number of benzene rings is 1. The van der Waals surface area contributed by atoms with Gasteiger partial charge in [-0.2, -0.15) is 13.2 Å². The molecule has 11 heteroatoms. The van der Waals surface area contributed by atoms with Gasteiger partial charge in [0.15, 0.2) is 5.82 Å². The van der Waals surface area contributed by atoms with Crippen molar-refractivity contribution in [1.29, 1.82) is 0 Å². The summed E-state index contributed by atoms with van der Waals surface area (Å²) in [6.45, 7) is 0. The highest BCUT2D eigenvalue weighted by Gasteiger charge is 2.31. The molecule has 0 atom stereocenters. The van der Waals surface area contributed by atoms with Crippen molar-refractivity contribution in [3.05, 3.63) is 70.3 Å². The fraction of sp³-hybridized carbons (Fsp3) is 0.158. The molecule has 2 rings (SSSR count). The lowest BCUT2D eigenvalue weighted by molar-refractivity contribution is -0.138. The molecule has 0 aliphatic rings. The summed E-state index contributed by atoms with van der Waals surface area (Å²) in [4.78, 5) is 30.9. The number of carbonyl (C=O) groups excluding carboxylic acids is 2. The van der Waals surface area contributed by atoms with Crippen molar-refractivity contribution >= 4 is 23.9 Å². The van der Waals surface area contributed by atoms with Crippen molar-refractivity contribution in [3.8, 4) is 0 Å². The maximum Gasteiger partial charge on any atom is 0.416 e. The van der Waals surface area contributed by atoms with Crippen LogP contribution in [0.2, 0.25) is 0 Å². The van der Waals surface area contributed by atoms with Gasteiger partial charge in [0.05, 0.1) is 18.2 Å². The quantitative estimate of drug-likeness (QED) is 0.319. The van der Waals surface area contributed by atoms with E-state index in [-0.39, 0.29) is 23.5 Å². The van der Waals surface area contributed by atoms with E-state index in [2.05, 4.69) is 14.7 Å². The Morgan fingerprint density at radius 2 is 1.90 bits per heavy atom. The molecule has 2 aromatic rings. The smallest absolute Gasteiger partial charge is 0.416 e. The minimum absolute atomic E-state index is 0.0522. The number of pyridine rings is 1. The zero-order chi connectivity index (χ0) is 22.5. The first-order valence-electron chi connectivity index (χ1n) is 8.25. The monoisotopic (exact) mass is 424 g/mol. The second kappa shape index (κ2) is 9.16. The first kappa shape index (κ1) is 22.5. The predicted octanol–water partition coefficient (Wildman–Crippen LogP) is 2.40. The number of ether oxygens (including phenoxy) is 1. The van der Waals surface area contributed by atoms with Gasteiger partial charge in [-0.1, -0.05) is 6.07 Å². The number of methoxy groups -OCH3 is 1. The van der Waals surface area contributed by atoms with E-state index in [1.807, 2.05) is 0 Å². The van der Waals surface area contributed by atoms with Crippen molar-refractivity contribution in [3.63, 3.8) is 0 Å². The van der Waals surface area contributed by atoms with E-state index in [4.69, 9.17) is 11.5 Å². The van der Waals surface area contributed by atoms with Gasteiger partial charge in [0, 0.05) is 18.3 Å². The number of aromatic nitrogens is 1. The molecule has 1 heterocycles. The van der Waals surface area contributed by atoms with Crippen LogP contribution in [0.3, 0.4) is 0 Å². The van der Waals surface area contributed by atoms with E-state index in [0.29, 0.717) is 6.07 Å². The Morgan fingerprint density at radius 1 is 1.20 bits per heavy atom. The maximum absolute atomic E-state index is 13.6. The zero-order valence-electron chi connectivity index (χ0n) is 15.5. The van der Waals surface area contributed by atoms with Crippen LogP contribution in [0, 0.1) is 5.82 Å². The van der Waals surface area contributed by atoms with E-state index >= 15 is 0 Å². The van der Waals surface area contributed by atoms with E-state index in [1.54, 1.807) is 0 Å². The Morgan fingerprint density at radius 3 is 2.50 bits per heavy atom. The number of aliphatic imine (C=N–C) groups is 1. The minimum atomic E-state index is -4.69. The van der Waals surface area contributed by atoms with E-state index in [0.717, 1.165) is 25.5 Å². The first-order valence-corrected chi connectivity index (χ1v) is 8.25. The zero-order valence-corrected chi connectivity index (χ0v) is 15.5. The van der Waals surface area contributed by atoms with Crippen LogP contribution < -0.4 is 11.5 Å². The molecule has 0 saturated heterocycles. The second-order valence-electron chi connectivity index (χ2n) is 5.95. The summed E-state index contributed by atoms with van der Waals surface area (Å²) in [6.07, 6.45) is -3.87. The number of alkyl halides is 3. The summed E-state index contributed by atoms with van der Waals surface area (Å²) in [5.74, 6) is -2.99. The Kier molecular flexibility index (Phi) is 6.88. The molecule has 0 saturated carbocycles. The Labute approximate surface area is 168 Å². The SMILES string of the molecule is COC(=O)C(N)=C(C=Nc1cccc(Cc2cc(F)cc(C(F)(F)F)c2)n1)C(N)=O. The molecule has 0 radical (unpaired) electrons. The van der Waals surface area contributed by atoms with Crippen LogP contribution >= 0.6 is 0 Å². The van der Waals surface area contributed by atoms with Crippen molar-refractivity contribution < 1.29 is 31.9 Å². The van der Waals surface area contributed by atoms with Gasteiger partial charge >= 0.3 is 12.1 Å². The summed E-state index contributed by atoms with van der Waals surface area (Å²) in [7, 11) is 1.06. The van der Waals surface area contributed by atoms with Gasteiger partial charge in [-0.3, -0.25) is 4.79 Å². The number of nitrogens with two attached hydrogens (primary N) is 2. The van der Waals surface area contributed by atoms with Crippen LogP contribution in [0.1, 0.15) is 16.8 Å². The summed E-state index contributed by atoms with van der Waals surface area (Å²) in [5, 5.41) is 0. The van der Waals surface area contributed by atoms with Gasteiger partial charge in [0.25, 0.3) is 5.91 Å². The molecule has 30 heavy (non-hydrogen) atoms. The molecule has 0 unspecified atom stereocenters. The summed E-state index contributed by atoms with van der Waals surface area (Å²) in [5.41, 5.74) is 8.94. The number of rotatable bonds is 6. The van der Waals surface area contributed by atoms with E-state index in [9.17, 15) is 27.2 Å². The van der Waals surface area contributed by atoms with Gasteiger partial charge < -0.3 is 16.2 Å². The number of hydrogen-bond acceptors (Lipinski definition) is 6. The fourth-order valence-electron chi connectivity index (χ4n) is 2.38. The lowest BCUT2D eigenvalue weighted by Crippen LogP contribution is -2.24. The van der Waals surface area contributed by atoms with Crippen LogP contribution in [-0.2, 0) is 26.9 Å². The molecule has 1 aromatic carbocycles. The van der Waals surface area contributed by atoms with Crippen LogP contribution in [0.25, 0.3) is 0 Å². The molecule has 0 aliphatic heterocycles. The summed E-state index contributed by atoms with van der Waals surface area (Å²) in [6, 6.07) is 6.64. The van der Waals surface area contributed by atoms with Gasteiger partial charge in [0.1, 0.15) is 11.5 Å². The van der Waals surface area contributed by atoms with Gasteiger partial charge in [-0.25, -0.2) is 19.2 Å². The minimum Gasteiger partial charge on any atom is -0.464 e. The number of esters is 1. The fourth-order valence-corrected chi connectivity index (χ4v) is 2.38. The number of nitrogens with zero attached hydrogens (tertiary/aromatic N) is 2. The van der Waals surface area contributed by atoms with Gasteiger partial charge in [0.2, 0.25) is 0 Å². The van der Waals surface area contributed by atoms with Crippen molar-refractivity contribution in [2.75, 3.05) is 7.11 Å². The van der Waals surface area contributed by atoms with Crippen LogP contribution in [0.5, 0.6) is 0 Å². The molecule has 1 aromatic heterocycles. The topological polar surface area (TPSA) is 121 Å². The normalized spacial score (nSPS) is 12.6.